The van der Waals surface area contributed by atoms with Gasteiger partial charge < -0.3 is 16.2 Å². The van der Waals surface area contributed by atoms with Crippen LogP contribution < -0.4 is 11.1 Å². The lowest BCUT2D eigenvalue weighted by Gasteiger charge is -2.18. The van der Waals surface area contributed by atoms with Crippen LogP contribution in [0.15, 0.2) is 24.3 Å². The molecule has 1 aliphatic heterocycles. The molecule has 1 amide bonds. The molecule has 8 heteroatoms. The molecule has 0 aromatic heterocycles. The highest BCUT2D eigenvalue weighted by atomic mass is 19.4. The molecule has 1 aromatic carbocycles. The smallest absolute Gasteiger partial charge is 0.416 e. The van der Waals surface area contributed by atoms with E-state index in [1.165, 1.54) is 0 Å². The third-order valence-corrected chi connectivity index (χ3v) is 3.14. The van der Waals surface area contributed by atoms with Crippen molar-refractivity contribution in [3.8, 4) is 0 Å². The number of nitrogens with two attached hydrogens (primary N) is 1. The van der Waals surface area contributed by atoms with E-state index < -0.39 is 23.6 Å². The number of benzene rings is 1. The minimum atomic E-state index is -4.38. The number of alkyl halides is 3. The van der Waals surface area contributed by atoms with Gasteiger partial charge in [0, 0.05) is 12.1 Å². The predicted octanol–water partition coefficient (Wildman–Crippen LogP) is 1.87. The Morgan fingerprint density at radius 2 is 1.82 bits per heavy atom. The topological polar surface area (TPSA) is 92.4 Å². The largest absolute Gasteiger partial charge is 0.481 e. The summed E-state index contributed by atoms with van der Waals surface area (Å²) in [6.45, 7) is 1.62. The molecule has 0 saturated carbocycles. The fourth-order valence-electron chi connectivity index (χ4n) is 1.89. The molecule has 1 saturated heterocycles. The van der Waals surface area contributed by atoms with Crippen molar-refractivity contribution in [1.29, 1.82) is 0 Å². The van der Waals surface area contributed by atoms with Crippen LogP contribution in [-0.4, -0.2) is 30.1 Å². The number of aliphatic carboxylic acids is 1. The minimum Gasteiger partial charge on any atom is -0.481 e. The lowest BCUT2D eigenvalue weighted by molar-refractivity contribution is -0.142. The first-order valence-electron chi connectivity index (χ1n) is 6.62. The molecule has 1 aromatic rings. The minimum absolute atomic E-state index is 0.0630. The molecule has 1 unspecified atom stereocenters. The summed E-state index contributed by atoms with van der Waals surface area (Å²) < 4.78 is 36.0. The van der Waals surface area contributed by atoms with Crippen LogP contribution in [0.1, 0.15) is 28.8 Å². The van der Waals surface area contributed by atoms with Crippen molar-refractivity contribution >= 4 is 11.9 Å². The number of carboxylic acids is 1. The average molecular weight is 318 g/mol. The van der Waals surface area contributed by atoms with Gasteiger partial charge in [0.2, 0.25) is 5.91 Å². The number of carbonyl (C=O) groups excluding carboxylic acids is 1. The van der Waals surface area contributed by atoms with Crippen LogP contribution in [0.2, 0.25) is 0 Å². The predicted molar refractivity (Wildman–Crippen MR) is 73.2 cm³/mol. The van der Waals surface area contributed by atoms with Gasteiger partial charge in [0.05, 0.1) is 11.5 Å². The summed E-state index contributed by atoms with van der Waals surface area (Å²) in [5.41, 5.74) is 4.12. The molecule has 1 fully saturated rings. The second kappa shape index (κ2) is 7.79. The number of amides is 1. The van der Waals surface area contributed by atoms with Gasteiger partial charge in [0.25, 0.3) is 0 Å². The zero-order chi connectivity index (χ0) is 16.8. The number of nitrogens with one attached hydrogen (secondary N) is 1. The van der Waals surface area contributed by atoms with E-state index in [9.17, 15) is 22.8 Å². The van der Waals surface area contributed by atoms with Gasteiger partial charge in [-0.3, -0.25) is 9.59 Å². The molecular formula is C14H17F3N2O3. The molecule has 122 valence electrons. The Morgan fingerprint density at radius 1 is 1.23 bits per heavy atom. The highest BCUT2D eigenvalue weighted by Crippen LogP contribution is 2.28. The molecule has 0 radical (unpaired) electrons. The van der Waals surface area contributed by atoms with E-state index in [4.69, 9.17) is 10.8 Å². The van der Waals surface area contributed by atoms with Crippen molar-refractivity contribution in [3.63, 3.8) is 0 Å². The van der Waals surface area contributed by atoms with E-state index in [0.29, 0.717) is 6.54 Å². The van der Waals surface area contributed by atoms with Gasteiger partial charge >= 0.3 is 12.1 Å². The van der Waals surface area contributed by atoms with Crippen molar-refractivity contribution in [2.24, 2.45) is 11.7 Å². The molecule has 0 bridgehead atoms. The molecule has 0 spiro atoms. The maximum atomic E-state index is 12.0. The summed E-state index contributed by atoms with van der Waals surface area (Å²) in [7, 11) is 0. The number of rotatable bonds is 2. The molecule has 0 aliphatic carbocycles. The molecule has 1 heterocycles. The second-order valence-corrected chi connectivity index (χ2v) is 4.82. The second-order valence-electron chi connectivity index (χ2n) is 4.82. The molecule has 22 heavy (non-hydrogen) atoms. The first-order chi connectivity index (χ1) is 10.2. The summed E-state index contributed by atoms with van der Waals surface area (Å²) in [4.78, 5) is 20.8. The molecular weight excluding hydrogens is 301 g/mol. The Kier molecular flexibility index (Phi) is 6.36. The van der Waals surface area contributed by atoms with E-state index in [-0.39, 0.29) is 11.5 Å². The van der Waals surface area contributed by atoms with Gasteiger partial charge in [-0.1, -0.05) is 0 Å². The lowest BCUT2D eigenvalue weighted by atomic mass is 10.0. The van der Waals surface area contributed by atoms with Crippen LogP contribution in [0.5, 0.6) is 0 Å². The van der Waals surface area contributed by atoms with E-state index in [1.807, 2.05) is 0 Å². The monoisotopic (exact) mass is 318 g/mol. The third-order valence-electron chi connectivity index (χ3n) is 3.14. The van der Waals surface area contributed by atoms with Gasteiger partial charge in [0.1, 0.15) is 0 Å². The van der Waals surface area contributed by atoms with Crippen LogP contribution in [-0.2, 0) is 11.0 Å². The number of hydrogen-bond acceptors (Lipinski definition) is 3. The number of carboxylic acid groups (broad SMARTS) is 1. The Balaban J connectivity index is 0.000000235. The van der Waals surface area contributed by atoms with Gasteiger partial charge in [-0.2, -0.15) is 13.2 Å². The van der Waals surface area contributed by atoms with Gasteiger partial charge in [-0.25, -0.2) is 0 Å². The number of hydrogen-bond donors (Lipinski definition) is 3. The molecule has 5 nitrogen and oxygen atoms in total. The first kappa shape index (κ1) is 18.0. The highest BCUT2D eigenvalue weighted by Gasteiger charge is 2.30. The fraction of sp³-hybridized carbons (Fsp3) is 0.429. The van der Waals surface area contributed by atoms with Crippen LogP contribution >= 0.6 is 0 Å². The van der Waals surface area contributed by atoms with Crippen molar-refractivity contribution in [1.82, 2.24) is 5.32 Å². The van der Waals surface area contributed by atoms with Crippen LogP contribution in [0.25, 0.3) is 0 Å². The Morgan fingerprint density at radius 3 is 2.14 bits per heavy atom. The van der Waals surface area contributed by atoms with Crippen molar-refractivity contribution in [3.05, 3.63) is 35.4 Å². The van der Waals surface area contributed by atoms with Crippen molar-refractivity contribution < 1.29 is 27.9 Å². The fourth-order valence-corrected chi connectivity index (χ4v) is 1.89. The van der Waals surface area contributed by atoms with Crippen LogP contribution in [0, 0.1) is 5.92 Å². The van der Waals surface area contributed by atoms with Gasteiger partial charge in [0.15, 0.2) is 0 Å². The maximum Gasteiger partial charge on any atom is 0.416 e. The first-order valence-corrected chi connectivity index (χ1v) is 6.62. The Hall–Kier alpha value is -2.09. The number of piperidine rings is 1. The average Bonchev–Trinajstić information content (AvgIpc) is 2.48. The molecule has 2 rings (SSSR count). The summed E-state index contributed by atoms with van der Waals surface area (Å²) >= 11 is 0. The summed E-state index contributed by atoms with van der Waals surface area (Å²) in [6, 6.07) is 3.73. The molecule has 1 aliphatic rings. The summed E-state index contributed by atoms with van der Waals surface area (Å²) in [6.07, 6.45) is -2.55. The van der Waals surface area contributed by atoms with Gasteiger partial charge in [-0.05, 0) is 43.7 Å². The summed E-state index contributed by atoms with van der Waals surface area (Å²) in [5.74, 6) is -1.55. The van der Waals surface area contributed by atoms with E-state index >= 15 is 0 Å². The normalized spacial score (nSPS) is 18.0. The van der Waals surface area contributed by atoms with Crippen LogP contribution in [0.4, 0.5) is 13.2 Å². The standard InChI is InChI=1S/C8H6F3NO.C6H11NO2/c9-8(10,11)6-3-1-5(2-4-6)7(12)13;8-6(9)5-2-1-3-7-4-5/h1-4H,(H2,12,13);5,7H,1-4H2,(H,8,9). The maximum absolute atomic E-state index is 12.0. The van der Waals surface area contributed by atoms with Crippen LogP contribution in [0.3, 0.4) is 0 Å². The Bertz CT molecular complexity index is 509. The zero-order valence-corrected chi connectivity index (χ0v) is 11.7. The van der Waals surface area contributed by atoms with Gasteiger partial charge in [-0.15, -0.1) is 0 Å². The number of primary amides is 1. The number of halogens is 3. The summed E-state index contributed by atoms with van der Waals surface area (Å²) in [5, 5.41) is 11.5. The van der Waals surface area contributed by atoms with E-state index in [0.717, 1.165) is 43.7 Å². The highest BCUT2D eigenvalue weighted by molar-refractivity contribution is 5.92. The lowest BCUT2D eigenvalue weighted by Crippen LogP contribution is -2.34. The SMILES string of the molecule is NC(=O)c1ccc(C(F)(F)F)cc1.O=C(O)C1CCCNC1. The van der Waals surface area contributed by atoms with E-state index in [1.54, 1.807) is 0 Å². The Labute approximate surface area is 125 Å². The van der Waals surface area contributed by atoms with Crippen molar-refractivity contribution in [2.75, 3.05) is 13.1 Å². The molecule has 1 atom stereocenters. The zero-order valence-electron chi connectivity index (χ0n) is 11.7. The van der Waals surface area contributed by atoms with E-state index in [2.05, 4.69) is 5.32 Å². The number of carbonyl (C=O) groups is 2. The van der Waals surface area contributed by atoms with Crippen molar-refractivity contribution in [2.45, 2.75) is 19.0 Å². The third kappa shape index (κ3) is 5.72. The quantitative estimate of drug-likeness (QED) is 0.776. The molecule has 4 N–H and O–H groups in total.